The largest absolute Gasteiger partial charge is 2.00 e. The molecular weight excluding hydrogens is 732 g/mol. The second-order valence-electron chi connectivity index (χ2n) is 8.72. The number of aliphatic imine (C=N–C) groups is 2. The SMILES string of the molecule is CC(C)(C)c1cc(C=NCCc2ccccn2)c([O-])c(C=NCCc2ccccn2)c1.CO.CO.[N-]=C=S.[N-]=C=S.[N-]=C=S.[Ni+2].[Ni+2]. The molecule has 0 amide bonds. The van der Waals surface area contributed by atoms with Gasteiger partial charge in [-0.3, -0.25) is 20.0 Å². The average Bonchev–Trinajstić information content (AvgIpc) is 3.02. The van der Waals surface area contributed by atoms with E-state index in [0.29, 0.717) is 24.2 Å². The normalized spacial score (nSPS) is 8.93. The van der Waals surface area contributed by atoms with Gasteiger partial charge in [0.1, 0.15) is 0 Å². The molecule has 0 unspecified atom stereocenters. The van der Waals surface area contributed by atoms with E-state index in [4.69, 9.17) is 26.4 Å². The minimum atomic E-state index is -0.0825. The van der Waals surface area contributed by atoms with E-state index >= 15 is 0 Å². The second-order valence-corrected chi connectivity index (χ2v) is 9.27. The molecule has 0 bridgehead atoms. The van der Waals surface area contributed by atoms with Crippen LogP contribution in [0.1, 0.15) is 48.8 Å². The third-order valence-electron chi connectivity index (χ3n) is 4.92. The Balaban J connectivity index is -0.000000326. The summed E-state index contributed by atoms with van der Waals surface area (Å²) in [6.07, 6.45) is 8.41. The number of nitrogens with zero attached hydrogens (tertiary/aromatic N) is 7. The Morgan fingerprint density at radius 3 is 1.33 bits per heavy atom. The van der Waals surface area contributed by atoms with Crippen LogP contribution in [-0.2, 0) is 51.2 Å². The maximum Gasteiger partial charge on any atom is 2.00 e. The molecule has 46 heavy (non-hydrogen) atoms. The summed E-state index contributed by atoms with van der Waals surface area (Å²) in [5.74, 6) is -0.0452. The van der Waals surface area contributed by atoms with Gasteiger partial charge in [0, 0.05) is 76.4 Å². The number of aliphatic hydroxyl groups excluding tert-OH is 2. The van der Waals surface area contributed by atoms with Crippen molar-refractivity contribution in [2.75, 3.05) is 27.3 Å². The fourth-order valence-electron chi connectivity index (χ4n) is 3.08. The second kappa shape index (κ2) is 36.4. The summed E-state index contributed by atoms with van der Waals surface area (Å²) in [4.78, 5) is 17.6. The summed E-state index contributed by atoms with van der Waals surface area (Å²) in [5.41, 5.74) is 4.18. The first-order chi connectivity index (χ1) is 21.2. The van der Waals surface area contributed by atoms with Crippen LogP contribution < -0.4 is 5.11 Å². The predicted molar refractivity (Wildman–Crippen MR) is 190 cm³/mol. The third-order valence-corrected chi connectivity index (χ3v) is 4.92. The molecule has 0 fully saturated rings. The maximum absolute atomic E-state index is 13.0. The molecular formula is C31H37N7Ni2O3S3. The number of aromatic nitrogens is 2. The van der Waals surface area contributed by atoms with Crippen LogP contribution in [0.5, 0.6) is 5.75 Å². The van der Waals surface area contributed by atoms with Gasteiger partial charge in [0.05, 0.1) is 0 Å². The minimum Gasteiger partial charge on any atom is -0.872 e. The molecule has 0 aliphatic heterocycles. The Morgan fingerprint density at radius 2 is 1.07 bits per heavy atom. The minimum absolute atomic E-state index is 0. The van der Waals surface area contributed by atoms with Gasteiger partial charge in [0.25, 0.3) is 0 Å². The molecule has 10 nitrogen and oxygen atoms in total. The summed E-state index contributed by atoms with van der Waals surface area (Å²) in [7, 11) is 2.00. The molecule has 0 atom stereocenters. The predicted octanol–water partition coefficient (Wildman–Crippen LogP) is 5.36. The maximum atomic E-state index is 13.0. The van der Waals surface area contributed by atoms with E-state index in [1.165, 1.54) is 15.5 Å². The fraction of sp³-hybridized carbons (Fsp3) is 0.323. The van der Waals surface area contributed by atoms with Crippen LogP contribution in [0.15, 0.2) is 70.9 Å². The zero-order chi connectivity index (χ0) is 34.2. The molecule has 252 valence electrons. The van der Waals surface area contributed by atoms with Crippen molar-refractivity contribution in [2.45, 2.75) is 39.0 Å². The summed E-state index contributed by atoms with van der Waals surface area (Å²) in [5, 5.41) is 52.4. The molecule has 0 saturated heterocycles. The van der Waals surface area contributed by atoms with Crippen molar-refractivity contribution < 1.29 is 48.3 Å². The van der Waals surface area contributed by atoms with E-state index < -0.39 is 0 Å². The van der Waals surface area contributed by atoms with Crippen LogP contribution in [-0.4, -0.2) is 75.4 Å². The van der Waals surface area contributed by atoms with Crippen LogP contribution in [0.3, 0.4) is 0 Å². The van der Waals surface area contributed by atoms with Gasteiger partial charge in [0.15, 0.2) is 0 Å². The van der Waals surface area contributed by atoms with Crippen molar-refractivity contribution in [3.8, 4) is 5.75 Å². The first-order valence-corrected chi connectivity index (χ1v) is 14.0. The third kappa shape index (κ3) is 27.3. The molecule has 0 radical (unpaired) electrons. The van der Waals surface area contributed by atoms with Gasteiger partial charge in [-0.2, -0.15) is 15.5 Å². The van der Waals surface area contributed by atoms with E-state index in [-0.39, 0.29) is 44.1 Å². The smallest absolute Gasteiger partial charge is 0.872 e. The van der Waals surface area contributed by atoms with Crippen LogP contribution in [0, 0.1) is 0 Å². The molecule has 0 spiro atoms. The van der Waals surface area contributed by atoms with Crippen molar-refractivity contribution in [3.05, 3.63) is 105 Å². The number of thiocarbonyl (C=S) groups is 3. The summed E-state index contributed by atoms with van der Waals surface area (Å²) >= 11 is 11.1. The fourth-order valence-corrected chi connectivity index (χ4v) is 3.08. The Morgan fingerprint density at radius 1 is 0.739 bits per heavy atom. The molecule has 0 aliphatic carbocycles. The number of isothiocyanates is 3. The molecule has 1 aromatic carbocycles. The molecule has 0 aliphatic rings. The summed E-state index contributed by atoms with van der Waals surface area (Å²) < 4.78 is 0. The molecule has 2 aromatic heterocycles. The molecule has 0 saturated carbocycles. The standard InChI is InChI=1S/C26H30N4O.3CNS.2CH4O.2Ni/c1-26(2,3)22-16-20(18-27-14-10-23-8-4-6-12-29-23)25(31)21(17-22)19-28-15-11-24-9-5-7-13-30-24;3*2-1-3;2*1-2;;/h4-9,12-13,16-19,31H,10-11,14-15H2,1-3H3;;;;2*2H,1H3;;/q;3*-1;;;2*+2/p-1. The molecule has 2 heterocycles. The van der Waals surface area contributed by atoms with Crippen molar-refractivity contribution in [3.63, 3.8) is 0 Å². The van der Waals surface area contributed by atoms with Gasteiger partial charge in [-0.15, -0.1) is 0 Å². The van der Waals surface area contributed by atoms with Crippen LogP contribution in [0.4, 0.5) is 0 Å². The number of hydrogen-bond acceptors (Lipinski definition) is 10. The van der Waals surface area contributed by atoms with E-state index in [0.717, 1.165) is 44.0 Å². The van der Waals surface area contributed by atoms with Crippen LogP contribution in [0.2, 0.25) is 0 Å². The van der Waals surface area contributed by atoms with E-state index in [1.54, 1.807) is 24.8 Å². The van der Waals surface area contributed by atoms with Crippen LogP contribution >= 0.6 is 36.7 Å². The molecule has 2 N–H and O–H groups in total. The Labute approximate surface area is 308 Å². The Hall–Kier alpha value is -3.03. The number of benzene rings is 1. The molecule has 3 aromatic rings. The topological polar surface area (TPSA) is 181 Å². The van der Waals surface area contributed by atoms with Gasteiger partial charge in [-0.1, -0.05) is 87.4 Å². The first kappa shape index (κ1) is 52.5. The molecule has 3 rings (SSSR count). The van der Waals surface area contributed by atoms with Crippen molar-refractivity contribution in [1.29, 1.82) is 0 Å². The Bertz CT molecular complexity index is 1220. The van der Waals surface area contributed by atoms with Crippen molar-refractivity contribution >= 4 is 64.6 Å². The average molecular weight is 769 g/mol. The Kier molecular flexibility index (Phi) is 41.6. The summed E-state index contributed by atoms with van der Waals surface area (Å²) in [6.45, 7) is 7.58. The van der Waals surface area contributed by atoms with Crippen molar-refractivity contribution in [1.82, 2.24) is 9.97 Å². The number of aliphatic hydroxyl groups is 2. The monoisotopic (exact) mass is 767 g/mol. The van der Waals surface area contributed by atoms with Crippen molar-refractivity contribution in [2.24, 2.45) is 9.98 Å². The van der Waals surface area contributed by atoms with Crippen LogP contribution in [0.25, 0.3) is 16.2 Å². The summed E-state index contributed by atoms with van der Waals surface area (Å²) in [6, 6.07) is 15.6. The number of hydrogen-bond donors (Lipinski definition) is 2. The van der Waals surface area contributed by atoms with Gasteiger partial charge in [0.2, 0.25) is 0 Å². The van der Waals surface area contributed by atoms with Gasteiger partial charge >= 0.3 is 33.0 Å². The first-order valence-electron chi connectivity index (χ1n) is 12.8. The van der Waals surface area contributed by atoms with E-state index in [9.17, 15) is 5.11 Å². The van der Waals surface area contributed by atoms with E-state index in [2.05, 4.69) is 77.4 Å². The number of pyridine rings is 2. The quantitative estimate of drug-likeness (QED) is 0.175. The van der Waals surface area contributed by atoms with E-state index in [1.807, 2.05) is 48.5 Å². The van der Waals surface area contributed by atoms with Gasteiger partial charge in [-0.25, -0.2) is 0 Å². The number of rotatable bonds is 8. The van der Waals surface area contributed by atoms with Gasteiger partial charge in [-0.05, 0) is 46.4 Å². The van der Waals surface area contributed by atoms with Gasteiger partial charge < -0.3 is 31.5 Å². The zero-order valence-corrected chi connectivity index (χ0v) is 30.5. The zero-order valence-electron chi connectivity index (χ0n) is 26.0. The molecule has 15 heteroatoms.